The Hall–Kier alpha value is -1.02. The molecule has 1 aliphatic heterocycles. The molecule has 1 atom stereocenters. The van der Waals surface area contributed by atoms with Gasteiger partial charge in [0, 0.05) is 10.7 Å². The maximum atomic E-state index is 12.0. The maximum Gasteiger partial charge on any atom is 0.235 e. The predicted molar refractivity (Wildman–Crippen MR) is 62.3 cm³/mol. The lowest BCUT2D eigenvalue weighted by molar-refractivity contribution is -0.121. The molecule has 0 fully saturated rings. The summed E-state index contributed by atoms with van der Waals surface area (Å²) in [6.45, 7) is 6.10. The number of fused-ring (bicyclic) bond motifs is 1. The van der Waals surface area contributed by atoms with Crippen molar-refractivity contribution < 1.29 is 4.79 Å². The molecule has 0 aliphatic carbocycles. The van der Waals surface area contributed by atoms with Gasteiger partial charge in [-0.15, -0.1) is 0 Å². The Bertz CT molecular complexity index is 428. The molecule has 2 rings (SSSR count). The number of anilines is 1. The van der Waals surface area contributed by atoms with Gasteiger partial charge < -0.3 is 5.32 Å². The molecule has 1 aromatic rings. The van der Waals surface area contributed by atoms with Crippen LogP contribution in [0, 0.1) is 5.92 Å². The van der Waals surface area contributed by atoms with Crippen LogP contribution in [0.15, 0.2) is 18.2 Å². The Labute approximate surface area is 94.6 Å². The van der Waals surface area contributed by atoms with Gasteiger partial charge in [0.15, 0.2) is 0 Å². The number of rotatable bonds is 1. The van der Waals surface area contributed by atoms with Crippen molar-refractivity contribution in [3.05, 3.63) is 28.8 Å². The normalized spacial score (nSPS) is 24.2. The van der Waals surface area contributed by atoms with E-state index in [-0.39, 0.29) is 11.8 Å². The summed E-state index contributed by atoms with van der Waals surface area (Å²) in [7, 11) is 0. The Morgan fingerprint density at radius 1 is 1.40 bits per heavy atom. The zero-order valence-electron chi connectivity index (χ0n) is 9.10. The van der Waals surface area contributed by atoms with Crippen LogP contribution >= 0.6 is 11.6 Å². The number of carbonyl (C=O) groups is 1. The Kier molecular flexibility index (Phi) is 2.27. The smallest absolute Gasteiger partial charge is 0.235 e. The van der Waals surface area contributed by atoms with Crippen molar-refractivity contribution in [1.82, 2.24) is 0 Å². The second-order valence-electron chi connectivity index (χ2n) is 4.50. The van der Waals surface area contributed by atoms with E-state index in [1.807, 2.05) is 25.1 Å². The molecule has 80 valence electrons. The zero-order valence-corrected chi connectivity index (χ0v) is 9.85. The minimum atomic E-state index is -0.431. The second-order valence-corrected chi connectivity index (χ2v) is 4.94. The van der Waals surface area contributed by atoms with Crippen LogP contribution in [0.5, 0.6) is 0 Å². The first kappa shape index (κ1) is 10.5. The standard InChI is InChI=1S/C12H14ClNO/c1-7(2)12(3)9-5-4-8(13)6-10(9)14-11(12)15/h4-7H,1-3H3,(H,14,15). The van der Waals surface area contributed by atoms with Gasteiger partial charge in [-0.25, -0.2) is 0 Å². The largest absolute Gasteiger partial charge is 0.325 e. The van der Waals surface area contributed by atoms with Gasteiger partial charge in [-0.3, -0.25) is 4.79 Å². The first-order valence-electron chi connectivity index (χ1n) is 5.07. The molecule has 1 amide bonds. The van der Waals surface area contributed by atoms with Crippen LogP contribution in [-0.2, 0) is 10.2 Å². The molecule has 1 aromatic carbocycles. The van der Waals surface area contributed by atoms with Crippen molar-refractivity contribution in [2.24, 2.45) is 5.92 Å². The van der Waals surface area contributed by atoms with Gasteiger partial charge in [0.2, 0.25) is 5.91 Å². The quantitative estimate of drug-likeness (QED) is 0.778. The van der Waals surface area contributed by atoms with Crippen molar-refractivity contribution in [1.29, 1.82) is 0 Å². The molecule has 1 unspecified atom stereocenters. The van der Waals surface area contributed by atoms with Crippen molar-refractivity contribution in [3.63, 3.8) is 0 Å². The third-order valence-electron chi connectivity index (χ3n) is 3.42. The fourth-order valence-electron chi connectivity index (χ4n) is 2.02. The number of carbonyl (C=O) groups excluding carboxylic acids is 1. The topological polar surface area (TPSA) is 29.1 Å². The van der Waals surface area contributed by atoms with Crippen molar-refractivity contribution in [2.45, 2.75) is 26.2 Å². The van der Waals surface area contributed by atoms with E-state index in [1.54, 1.807) is 0 Å². The highest BCUT2D eigenvalue weighted by atomic mass is 35.5. The van der Waals surface area contributed by atoms with Gasteiger partial charge in [-0.1, -0.05) is 31.5 Å². The number of hydrogen-bond donors (Lipinski definition) is 1. The van der Waals surface area contributed by atoms with Crippen molar-refractivity contribution >= 4 is 23.2 Å². The van der Waals surface area contributed by atoms with E-state index in [1.165, 1.54) is 0 Å². The van der Waals surface area contributed by atoms with Crippen molar-refractivity contribution in [3.8, 4) is 0 Å². The van der Waals surface area contributed by atoms with Gasteiger partial charge >= 0.3 is 0 Å². The lowest BCUT2D eigenvalue weighted by atomic mass is 9.74. The third-order valence-corrected chi connectivity index (χ3v) is 3.65. The summed E-state index contributed by atoms with van der Waals surface area (Å²) >= 11 is 5.89. The first-order valence-corrected chi connectivity index (χ1v) is 5.45. The summed E-state index contributed by atoms with van der Waals surface area (Å²) in [5.41, 5.74) is 1.47. The highest BCUT2D eigenvalue weighted by molar-refractivity contribution is 6.31. The molecular weight excluding hydrogens is 210 g/mol. The van der Waals surface area contributed by atoms with Crippen molar-refractivity contribution in [2.75, 3.05) is 5.32 Å². The highest BCUT2D eigenvalue weighted by Gasteiger charge is 2.44. The molecule has 0 bridgehead atoms. The summed E-state index contributed by atoms with van der Waals surface area (Å²) in [4.78, 5) is 12.0. The number of amides is 1. The Morgan fingerprint density at radius 2 is 2.07 bits per heavy atom. The molecule has 0 spiro atoms. The molecule has 0 saturated carbocycles. The molecule has 15 heavy (non-hydrogen) atoms. The third kappa shape index (κ3) is 1.36. The zero-order chi connectivity index (χ0) is 11.2. The maximum absolute atomic E-state index is 12.0. The monoisotopic (exact) mass is 223 g/mol. The van der Waals surface area contributed by atoms with Crippen LogP contribution in [0.25, 0.3) is 0 Å². The SMILES string of the molecule is CC(C)C1(C)C(=O)Nc2cc(Cl)ccc21. The van der Waals surface area contributed by atoms with E-state index in [9.17, 15) is 4.79 Å². The summed E-state index contributed by atoms with van der Waals surface area (Å²) in [5, 5.41) is 3.54. The number of benzene rings is 1. The minimum absolute atomic E-state index is 0.0646. The van der Waals surface area contributed by atoms with Gasteiger partial charge in [0.05, 0.1) is 5.41 Å². The molecule has 0 radical (unpaired) electrons. The molecule has 1 aliphatic rings. The summed E-state index contributed by atoms with van der Waals surface area (Å²) in [6.07, 6.45) is 0. The predicted octanol–water partition coefficient (Wildman–Crippen LogP) is 3.21. The van der Waals surface area contributed by atoms with E-state index < -0.39 is 5.41 Å². The first-order chi connectivity index (χ1) is 6.96. The van der Waals surface area contributed by atoms with E-state index >= 15 is 0 Å². The molecular formula is C12H14ClNO. The minimum Gasteiger partial charge on any atom is -0.325 e. The highest BCUT2D eigenvalue weighted by Crippen LogP contribution is 2.43. The molecule has 1 N–H and O–H groups in total. The van der Waals surface area contributed by atoms with E-state index in [2.05, 4.69) is 19.2 Å². The fraction of sp³-hybridized carbons (Fsp3) is 0.417. The average molecular weight is 224 g/mol. The van der Waals surface area contributed by atoms with Crippen LogP contribution in [0.3, 0.4) is 0 Å². The second kappa shape index (κ2) is 3.24. The number of halogens is 1. The molecule has 0 aromatic heterocycles. The number of nitrogens with one attached hydrogen (secondary N) is 1. The van der Waals surface area contributed by atoms with Crippen LogP contribution in [0.1, 0.15) is 26.3 Å². The van der Waals surface area contributed by atoms with Gasteiger partial charge in [0.25, 0.3) is 0 Å². The van der Waals surface area contributed by atoms with Crippen LogP contribution < -0.4 is 5.32 Å². The average Bonchev–Trinajstić information content (AvgIpc) is 2.39. The lowest BCUT2D eigenvalue weighted by Crippen LogP contribution is -2.36. The van der Waals surface area contributed by atoms with E-state index in [0.29, 0.717) is 5.02 Å². The molecule has 0 saturated heterocycles. The van der Waals surface area contributed by atoms with E-state index in [4.69, 9.17) is 11.6 Å². The van der Waals surface area contributed by atoms with Gasteiger partial charge in [0.1, 0.15) is 0 Å². The molecule has 1 heterocycles. The van der Waals surface area contributed by atoms with Crippen LogP contribution in [-0.4, -0.2) is 5.91 Å². The van der Waals surface area contributed by atoms with E-state index in [0.717, 1.165) is 11.3 Å². The summed E-state index contributed by atoms with van der Waals surface area (Å²) in [6, 6.07) is 5.58. The Morgan fingerprint density at radius 3 is 2.67 bits per heavy atom. The molecule has 2 nitrogen and oxygen atoms in total. The summed E-state index contributed by atoms with van der Waals surface area (Å²) < 4.78 is 0. The Balaban J connectivity index is 2.60. The van der Waals surface area contributed by atoms with Crippen LogP contribution in [0.2, 0.25) is 5.02 Å². The number of hydrogen-bond acceptors (Lipinski definition) is 1. The van der Waals surface area contributed by atoms with Gasteiger partial charge in [-0.2, -0.15) is 0 Å². The lowest BCUT2D eigenvalue weighted by Gasteiger charge is -2.26. The fourth-order valence-corrected chi connectivity index (χ4v) is 2.19. The van der Waals surface area contributed by atoms with Crippen LogP contribution in [0.4, 0.5) is 5.69 Å². The molecule has 3 heteroatoms. The summed E-state index contributed by atoms with van der Waals surface area (Å²) in [5.74, 6) is 0.328. The van der Waals surface area contributed by atoms with Gasteiger partial charge in [-0.05, 0) is 30.5 Å².